The van der Waals surface area contributed by atoms with Crippen molar-refractivity contribution in [1.29, 1.82) is 0 Å². The number of carbonyl (C=O) groups excluding carboxylic acids is 2. The molecule has 0 bridgehead atoms. The SMILES string of the molecule is COc1ccc([C@@H]2[C@H](C(=O)N3CCC(Cc4ccccc4)CC3)c3ccccc3C(=O)N2Cc2ccc(F)cc2)cc1. The summed E-state index contributed by atoms with van der Waals surface area (Å²) in [4.78, 5) is 32.4. The highest BCUT2D eigenvalue weighted by Gasteiger charge is 2.45. The van der Waals surface area contributed by atoms with E-state index in [4.69, 9.17) is 4.74 Å². The molecule has 6 rings (SSSR count). The third-order valence-corrected chi connectivity index (χ3v) is 8.72. The Morgan fingerprint density at radius 3 is 2.19 bits per heavy atom. The van der Waals surface area contributed by atoms with Crippen LogP contribution in [0.25, 0.3) is 0 Å². The predicted molar refractivity (Wildman–Crippen MR) is 161 cm³/mol. The fraction of sp³-hybridized carbons (Fsp3) is 0.278. The first-order valence-corrected chi connectivity index (χ1v) is 14.6. The Morgan fingerprint density at radius 2 is 1.50 bits per heavy atom. The molecule has 4 aromatic rings. The molecule has 0 radical (unpaired) electrons. The Hall–Kier alpha value is -4.45. The van der Waals surface area contributed by atoms with E-state index in [-0.39, 0.29) is 24.2 Å². The van der Waals surface area contributed by atoms with Crippen molar-refractivity contribution in [3.8, 4) is 5.75 Å². The summed E-state index contributed by atoms with van der Waals surface area (Å²) in [6.07, 6.45) is 2.91. The molecule has 2 atom stereocenters. The summed E-state index contributed by atoms with van der Waals surface area (Å²) >= 11 is 0. The van der Waals surface area contributed by atoms with Crippen molar-refractivity contribution in [3.05, 3.63) is 137 Å². The number of likely N-dealkylation sites (tertiary alicyclic amines) is 1. The van der Waals surface area contributed by atoms with Crippen molar-refractivity contribution >= 4 is 11.8 Å². The minimum absolute atomic E-state index is 0.0398. The van der Waals surface area contributed by atoms with E-state index in [0.717, 1.165) is 36.0 Å². The molecule has 1 fully saturated rings. The lowest BCUT2D eigenvalue weighted by atomic mass is 9.78. The van der Waals surface area contributed by atoms with Crippen molar-refractivity contribution < 1.29 is 18.7 Å². The van der Waals surface area contributed by atoms with Gasteiger partial charge in [0.25, 0.3) is 5.91 Å². The molecule has 0 aromatic heterocycles. The number of halogens is 1. The lowest BCUT2D eigenvalue weighted by molar-refractivity contribution is -0.136. The Balaban J connectivity index is 1.34. The van der Waals surface area contributed by atoms with E-state index in [1.54, 1.807) is 24.1 Å². The summed E-state index contributed by atoms with van der Waals surface area (Å²) in [6, 6.07) is 31.3. The number of carbonyl (C=O) groups is 2. The van der Waals surface area contributed by atoms with E-state index < -0.39 is 12.0 Å². The molecule has 5 nitrogen and oxygen atoms in total. The third-order valence-electron chi connectivity index (χ3n) is 8.72. The van der Waals surface area contributed by atoms with Crippen LogP contribution < -0.4 is 4.74 Å². The molecule has 1 saturated heterocycles. The molecule has 0 aliphatic carbocycles. The zero-order chi connectivity index (χ0) is 29.1. The molecule has 4 aromatic carbocycles. The summed E-state index contributed by atoms with van der Waals surface area (Å²) in [5.74, 6) is 0.237. The molecule has 42 heavy (non-hydrogen) atoms. The number of amides is 2. The maximum atomic E-state index is 14.6. The first kappa shape index (κ1) is 27.7. The fourth-order valence-electron chi connectivity index (χ4n) is 6.49. The maximum absolute atomic E-state index is 14.6. The van der Waals surface area contributed by atoms with E-state index in [2.05, 4.69) is 24.3 Å². The third kappa shape index (κ3) is 5.67. The van der Waals surface area contributed by atoms with Gasteiger partial charge in [-0.15, -0.1) is 0 Å². The van der Waals surface area contributed by atoms with Crippen molar-refractivity contribution in [2.45, 2.75) is 37.8 Å². The lowest BCUT2D eigenvalue weighted by Gasteiger charge is -2.44. The van der Waals surface area contributed by atoms with Crippen molar-refractivity contribution in [1.82, 2.24) is 9.80 Å². The van der Waals surface area contributed by atoms with Gasteiger partial charge in [-0.2, -0.15) is 0 Å². The number of methoxy groups -OCH3 is 1. The molecule has 0 N–H and O–H groups in total. The Labute approximate surface area is 246 Å². The largest absolute Gasteiger partial charge is 0.497 e. The molecule has 0 unspecified atom stereocenters. The monoisotopic (exact) mass is 562 g/mol. The lowest BCUT2D eigenvalue weighted by Crippen LogP contribution is -2.49. The van der Waals surface area contributed by atoms with Gasteiger partial charge in [0.05, 0.1) is 19.1 Å². The van der Waals surface area contributed by atoms with Crippen molar-refractivity contribution in [2.24, 2.45) is 5.92 Å². The fourth-order valence-corrected chi connectivity index (χ4v) is 6.49. The van der Waals surface area contributed by atoms with Crippen molar-refractivity contribution in [2.75, 3.05) is 20.2 Å². The number of nitrogens with zero attached hydrogens (tertiary/aromatic N) is 2. The maximum Gasteiger partial charge on any atom is 0.255 e. The molecule has 214 valence electrons. The summed E-state index contributed by atoms with van der Waals surface area (Å²) < 4.78 is 19.1. The second kappa shape index (κ2) is 12.2. The summed E-state index contributed by atoms with van der Waals surface area (Å²) in [6.45, 7) is 1.64. The van der Waals surface area contributed by atoms with Gasteiger partial charge in [-0.1, -0.05) is 72.8 Å². The highest BCUT2D eigenvalue weighted by atomic mass is 19.1. The van der Waals surface area contributed by atoms with E-state index in [0.29, 0.717) is 30.3 Å². The van der Waals surface area contributed by atoms with Crippen LogP contribution in [0.5, 0.6) is 5.75 Å². The smallest absolute Gasteiger partial charge is 0.255 e. The number of piperidine rings is 1. The molecule has 2 aliphatic heterocycles. The van der Waals surface area contributed by atoms with Crippen LogP contribution in [0.1, 0.15) is 57.4 Å². The molecular weight excluding hydrogens is 527 g/mol. The Kier molecular flexibility index (Phi) is 8.04. The molecular formula is C36H35FN2O3. The van der Waals surface area contributed by atoms with Gasteiger partial charge in [0, 0.05) is 25.2 Å². The van der Waals surface area contributed by atoms with E-state index >= 15 is 0 Å². The van der Waals surface area contributed by atoms with Crippen LogP contribution in [0.3, 0.4) is 0 Å². The number of fused-ring (bicyclic) bond motifs is 1. The van der Waals surface area contributed by atoms with Crippen LogP contribution >= 0.6 is 0 Å². The topological polar surface area (TPSA) is 49.9 Å². The molecule has 6 heteroatoms. The standard InChI is InChI=1S/C36H35FN2O3/c1-42-30-17-13-28(14-18-30)34-33(36(41)38-21-19-26(20-22-38)23-25-7-3-2-4-8-25)31-9-5-6-10-32(31)35(40)39(34)24-27-11-15-29(37)16-12-27/h2-18,26,33-34H,19-24H2,1H3/t33-,34-/m1/s1. The summed E-state index contributed by atoms with van der Waals surface area (Å²) in [5.41, 5.74) is 4.29. The highest BCUT2D eigenvalue weighted by Crippen LogP contribution is 2.45. The number of hydrogen-bond donors (Lipinski definition) is 0. The van der Waals surface area contributed by atoms with Crippen LogP contribution in [0.15, 0.2) is 103 Å². The molecule has 2 amide bonds. The van der Waals surface area contributed by atoms with Gasteiger partial charge in [0.2, 0.25) is 5.91 Å². The number of rotatable bonds is 7. The summed E-state index contributed by atoms with van der Waals surface area (Å²) in [7, 11) is 1.62. The highest BCUT2D eigenvalue weighted by molar-refractivity contribution is 6.01. The minimum Gasteiger partial charge on any atom is -0.497 e. The molecule has 2 heterocycles. The quantitative estimate of drug-likeness (QED) is 0.249. The van der Waals surface area contributed by atoms with Gasteiger partial charge >= 0.3 is 0 Å². The van der Waals surface area contributed by atoms with Crippen LogP contribution in [0.2, 0.25) is 0 Å². The zero-order valence-electron chi connectivity index (χ0n) is 23.8. The van der Waals surface area contributed by atoms with Gasteiger partial charge < -0.3 is 14.5 Å². The Morgan fingerprint density at radius 1 is 0.833 bits per heavy atom. The molecule has 0 saturated carbocycles. The van der Waals surface area contributed by atoms with Crippen LogP contribution in [0, 0.1) is 11.7 Å². The van der Waals surface area contributed by atoms with E-state index in [1.165, 1.54) is 17.7 Å². The van der Waals surface area contributed by atoms with Crippen LogP contribution in [-0.4, -0.2) is 41.8 Å². The predicted octanol–water partition coefficient (Wildman–Crippen LogP) is 6.80. The second-order valence-corrected chi connectivity index (χ2v) is 11.3. The minimum atomic E-state index is -0.571. The van der Waals surface area contributed by atoms with Crippen LogP contribution in [-0.2, 0) is 17.8 Å². The normalized spacial score (nSPS) is 19.0. The van der Waals surface area contributed by atoms with Gasteiger partial charge in [-0.3, -0.25) is 9.59 Å². The zero-order valence-corrected chi connectivity index (χ0v) is 23.8. The summed E-state index contributed by atoms with van der Waals surface area (Å²) in [5, 5.41) is 0. The second-order valence-electron chi connectivity index (χ2n) is 11.3. The number of ether oxygens (including phenoxy) is 1. The average molecular weight is 563 g/mol. The molecule has 2 aliphatic rings. The first-order valence-electron chi connectivity index (χ1n) is 14.6. The van der Waals surface area contributed by atoms with Crippen LogP contribution in [0.4, 0.5) is 4.39 Å². The van der Waals surface area contributed by atoms with E-state index in [9.17, 15) is 14.0 Å². The number of benzene rings is 4. The van der Waals surface area contributed by atoms with Gasteiger partial charge in [-0.05, 0) is 77.8 Å². The average Bonchev–Trinajstić information content (AvgIpc) is 3.04. The number of hydrogen-bond acceptors (Lipinski definition) is 3. The Bertz CT molecular complexity index is 1530. The molecule has 0 spiro atoms. The first-order chi connectivity index (χ1) is 20.5. The van der Waals surface area contributed by atoms with Gasteiger partial charge in [0.15, 0.2) is 0 Å². The van der Waals surface area contributed by atoms with E-state index in [1.807, 2.05) is 59.5 Å². The van der Waals surface area contributed by atoms with Crippen molar-refractivity contribution in [3.63, 3.8) is 0 Å². The van der Waals surface area contributed by atoms with Gasteiger partial charge in [-0.25, -0.2) is 4.39 Å². The van der Waals surface area contributed by atoms with Gasteiger partial charge in [0.1, 0.15) is 11.6 Å².